The summed E-state index contributed by atoms with van der Waals surface area (Å²) < 4.78 is 33.2. The molecule has 360 valence electrons. The van der Waals surface area contributed by atoms with Crippen molar-refractivity contribution in [3.63, 3.8) is 0 Å². The molecule has 9 rings (SSSR count). The monoisotopic (exact) mass is 982 g/mol. The Morgan fingerprint density at radius 1 is 0.826 bits per heavy atom. The Hall–Kier alpha value is -6.24. The lowest BCUT2D eigenvalue weighted by Crippen LogP contribution is -2.60. The topological polar surface area (TPSA) is 211 Å². The van der Waals surface area contributed by atoms with Gasteiger partial charge in [-0.3, -0.25) is 49.1 Å². The number of nitrogens with one attached hydrogen (secondary N) is 5. The number of piperidine rings is 1. The maximum absolute atomic E-state index is 16.2. The fourth-order valence-corrected chi connectivity index (χ4v) is 11.1. The van der Waals surface area contributed by atoms with Crippen LogP contribution in [-0.2, 0) is 34.1 Å². The normalized spacial score (nSPS) is 22.4. The molecule has 4 aromatic rings. The number of hydrogen-bond acceptors (Lipinski definition) is 11. The predicted octanol–water partition coefficient (Wildman–Crippen LogP) is 6.05. The third-order valence-corrected chi connectivity index (χ3v) is 14.3. The average Bonchev–Trinajstić information content (AvgIpc) is 3.89. The summed E-state index contributed by atoms with van der Waals surface area (Å²) in [6.07, 6.45) is 4.33. The summed E-state index contributed by atoms with van der Waals surface area (Å²) in [5.41, 5.74) is 0.0230. The largest absolute Gasteiger partial charge is 0.490 e. The zero-order valence-corrected chi connectivity index (χ0v) is 38.8. The Bertz CT molecular complexity index is 2730. The van der Waals surface area contributed by atoms with E-state index in [0.29, 0.717) is 59.9 Å². The smallest absolute Gasteiger partial charge is 0.266 e. The van der Waals surface area contributed by atoms with Gasteiger partial charge in [0.1, 0.15) is 29.6 Å². The van der Waals surface area contributed by atoms with Crippen molar-refractivity contribution in [1.29, 1.82) is 0 Å². The fraction of sp³-hybridized carbons (Fsp3) is 0.380. The second-order valence-electron chi connectivity index (χ2n) is 17.7. The number of rotatable bonds is 16. The highest BCUT2D eigenvalue weighted by molar-refractivity contribution is 6.31. The number of nitrogens with zero attached hydrogens (tertiary/aromatic N) is 1. The molecule has 69 heavy (non-hydrogen) atoms. The molecule has 16 nitrogen and oxygen atoms in total. The summed E-state index contributed by atoms with van der Waals surface area (Å²) in [7, 11) is 0. The third-order valence-electron chi connectivity index (χ3n) is 13.8. The van der Waals surface area contributed by atoms with Crippen LogP contribution in [0.2, 0.25) is 10.0 Å². The number of halogens is 3. The predicted molar refractivity (Wildman–Crippen MR) is 251 cm³/mol. The highest BCUT2D eigenvalue weighted by Crippen LogP contribution is 2.63. The number of imide groups is 2. The number of carbonyl (C=O) groups is 7. The zero-order chi connectivity index (χ0) is 48.5. The molecule has 0 bridgehead atoms. The Kier molecular flexibility index (Phi) is 13.9. The van der Waals surface area contributed by atoms with Crippen LogP contribution < -0.4 is 31.3 Å². The molecule has 2 spiro atoms. The first kappa shape index (κ1) is 47.8. The first-order valence-electron chi connectivity index (χ1n) is 23.0. The lowest BCUT2D eigenvalue weighted by atomic mass is 9.55. The van der Waals surface area contributed by atoms with Gasteiger partial charge in [-0.25, -0.2) is 4.39 Å². The number of amides is 7. The van der Waals surface area contributed by atoms with Gasteiger partial charge in [0.2, 0.25) is 23.6 Å². The Morgan fingerprint density at radius 3 is 2.33 bits per heavy atom. The van der Waals surface area contributed by atoms with E-state index < -0.39 is 64.3 Å². The van der Waals surface area contributed by atoms with E-state index in [1.165, 1.54) is 12.1 Å². The standard InChI is InChI=1S/C50H49Cl2FN6O10/c51-29-13-16-33-35(27-29)56-48(66)50(33)40(32-8-4-9-34(52)41(32)53)42(58-49(50)19-2-1-3-20-49)45(63)55-30-14-11-28(12-15-30)43(61)54-21-6-22-67-23-24-68-25-26-69-37-10-5-7-31-39(37)47(65)59(46(31)64)36-17-18-38(60)57-44(36)62/h4-5,7-16,27,36,40,42,58H,1-3,6,17-26H2,(H,54,61)(H,55,63)(H,56,66)(H,57,60,62)/t36?,40-,42+,50+/m0/s1. The Morgan fingerprint density at radius 2 is 1.57 bits per heavy atom. The van der Waals surface area contributed by atoms with Crippen molar-refractivity contribution in [2.45, 2.75) is 80.3 Å². The summed E-state index contributed by atoms with van der Waals surface area (Å²) in [5, 5.41) is 14.9. The van der Waals surface area contributed by atoms with E-state index in [2.05, 4.69) is 26.6 Å². The first-order valence-corrected chi connectivity index (χ1v) is 23.8. The molecule has 1 saturated carbocycles. The van der Waals surface area contributed by atoms with Crippen LogP contribution in [0, 0.1) is 5.82 Å². The molecule has 1 unspecified atom stereocenters. The lowest BCUT2D eigenvalue weighted by molar-refractivity contribution is -0.136. The number of carbonyl (C=O) groups excluding carboxylic acids is 7. The Balaban J connectivity index is 0.737. The molecule has 1 aliphatic carbocycles. The zero-order valence-electron chi connectivity index (χ0n) is 37.3. The summed E-state index contributed by atoms with van der Waals surface area (Å²) in [5.74, 6) is -5.05. The quantitative estimate of drug-likeness (QED) is 0.0645. The van der Waals surface area contributed by atoms with E-state index in [9.17, 15) is 33.6 Å². The van der Waals surface area contributed by atoms with E-state index in [-0.39, 0.29) is 78.5 Å². The van der Waals surface area contributed by atoms with Gasteiger partial charge >= 0.3 is 0 Å². The van der Waals surface area contributed by atoms with Crippen LogP contribution in [0.1, 0.15) is 99.5 Å². The Labute approximate surface area is 406 Å². The third kappa shape index (κ3) is 8.86. The van der Waals surface area contributed by atoms with E-state index >= 15 is 4.39 Å². The molecule has 5 aliphatic rings. The van der Waals surface area contributed by atoms with Crippen molar-refractivity contribution in [2.75, 3.05) is 50.2 Å². The van der Waals surface area contributed by atoms with E-state index in [0.717, 1.165) is 24.2 Å². The molecular formula is C50H49Cl2FN6O10. The van der Waals surface area contributed by atoms with Gasteiger partial charge in [0.25, 0.3) is 17.7 Å². The number of ether oxygens (including phenoxy) is 3. The maximum Gasteiger partial charge on any atom is 0.266 e. The first-order chi connectivity index (χ1) is 33.3. The molecule has 5 N–H and O–H groups in total. The van der Waals surface area contributed by atoms with Crippen LogP contribution in [-0.4, -0.2) is 103 Å². The van der Waals surface area contributed by atoms with Gasteiger partial charge in [-0.05, 0) is 91.4 Å². The van der Waals surface area contributed by atoms with Gasteiger partial charge in [-0.1, -0.05) is 66.7 Å². The van der Waals surface area contributed by atoms with E-state index in [1.807, 2.05) is 0 Å². The van der Waals surface area contributed by atoms with Crippen molar-refractivity contribution in [1.82, 2.24) is 20.9 Å². The van der Waals surface area contributed by atoms with E-state index in [1.54, 1.807) is 66.7 Å². The van der Waals surface area contributed by atoms with Gasteiger partial charge in [-0.15, -0.1) is 0 Å². The van der Waals surface area contributed by atoms with Crippen molar-refractivity contribution < 1.29 is 52.2 Å². The minimum absolute atomic E-state index is 0.0207. The van der Waals surface area contributed by atoms with Crippen LogP contribution in [0.5, 0.6) is 5.75 Å². The molecular weight excluding hydrogens is 934 g/mol. The van der Waals surface area contributed by atoms with Gasteiger partial charge in [0.15, 0.2) is 0 Å². The lowest BCUT2D eigenvalue weighted by Gasteiger charge is -2.47. The number of anilines is 2. The molecule has 4 aromatic carbocycles. The highest BCUT2D eigenvalue weighted by atomic mass is 35.5. The minimum Gasteiger partial charge on any atom is -0.490 e. The van der Waals surface area contributed by atoms with Crippen molar-refractivity contribution >= 4 is 75.9 Å². The van der Waals surface area contributed by atoms with Gasteiger partial charge in [-0.2, -0.15) is 0 Å². The summed E-state index contributed by atoms with van der Waals surface area (Å²) in [4.78, 5) is 93.3. The minimum atomic E-state index is -1.37. The van der Waals surface area contributed by atoms with Crippen LogP contribution in [0.3, 0.4) is 0 Å². The molecule has 0 aromatic heterocycles. The van der Waals surface area contributed by atoms with Gasteiger partial charge in [0, 0.05) is 53.0 Å². The van der Waals surface area contributed by atoms with Crippen molar-refractivity contribution in [3.05, 3.63) is 123 Å². The second kappa shape index (κ2) is 20.0. The van der Waals surface area contributed by atoms with Crippen LogP contribution in [0.15, 0.2) is 78.9 Å². The van der Waals surface area contributed by atoms with Gasteiger partial charge in [0.05, 0.1) is 42.0 Å². The molecule has 0 radical (unpaired) electrons. The molecule has 4 heterocycles. The molecule has 3 fully saturated rings. The molecule has 2 saturated heterocycles. The number of hydrogen-bond donors (Lipinski definition) is 5. The van der Waals surface area contributed by atoms with Crippen LogP contribution in [0.4, 0.5) is 15.8 Å². The second-order valence-corrected chi connectivity index (χ2v) is 18.6. The maximum atomic E-state index is 16.2. The van der Waals surface area contributed by atoms with E-state index in [4.69, 9.17) is 37.4 Å². The molecule has 19 heteroatoms. The van der Waals surface area contributed by atoms with Crippen molar-refractivity contribution in [3.8, 4) is 5.75 Å². The fourth-order valence-electron chi connectivity index (χ4n) is 10.8. The summed E-state index contributed by atoms with van der Waals surface area (Å²) >= 11 is 12.8. The molecule has 7 amide bonds. The summed E-state index contributed by atoms with van der Waals surface area (Å²) in [6, 6.07) is 18.7. The van der Waals surface area contributed by atoms with Gasteiger partial charge < -0.3 is 30.2 Å². The average molecular weight is 984 g/mol. The van der Waals surface area contributed by atoms with Crippen molar-refractivity contribution in [2.24, 2.45) is 0 Å². The van der Waals surface area contributed by atoms with Crippen LogP contribution >= 0.6 is 23.2 Å². The number of benzene rings is 4. The SMILES string of the molecule is O=C1CCC(N2C(=O)c3cccc(OCCOCCOCCCNC(=O)c4ccc(NC(=O)[C@@H]5NC6(CCCCC6)[C@@]6(C(=O)Nc7cc(Cl)ccc76)[C@H]5c5cccc(Cl)c5F)cc4)c3C2=O)C(=O)N1. The summed E-state index contributed by atoms with van der Waals surface area (Å²) in [6.45, 7) is 1.44. The highest BCUT2D eigenvalue weighted by Gasteiger charge is 2.72. The molecule has 4 atom stereocenters. The molecule has 4 aliphatic heterocycles. The van der Waals surface area contributed by atoms with Crippen LogP contribution in [0.25, 0.3) is 0 Å². The number of fused-ring (bicyclic) bond motifs is 4.